The van der Waals surface area contributed by atoms with Crippen molar-refractivity contribution in [2.75, 3.05) is 9.96 Å². The van der Waals surface area contributed by atoms with Gasteiger partial charge < -0.3 is 0 Å². The van der Waals surface area contributed by atoms with Crippen molar-refractivity contribution in [2.45, 2.75) is 12.1 Å². The Morgan fingerprint density at radius 1 is 0.862 bits per heavy atom. The largest absolute Gasteiger partial charge is 0.273 e. The third-order valence-electron chi connectivity index (χ3n) is 5.24. The number of hydrogen-bond acceptors (Lipinski definition) is 5. The number of benzene rings is 2. The minimum absolute atomic E-state index is 0.269. The molecule has 2 saturated heterocycles. The van der Waals surface area contributed by atoms with Crippen molar-refractivity contribution >= 4 is 39.1 Å². The molecule has 0 radical (unpaired) electrons. The zero-order chi connectivity index (χ0) is 20.0. The number of rotatable bonds is 3. The summed E-state index contributed by atoms with van der Waals surface area (Å²) in [4.78, 5) is 38.1. The normalized spacial score (nSPS) is 23.6. The summed E-state index contributed by atoms with van der Waals surface area (Å²) in [5.41, 5.74) is 2.15. The van der Waals surface area contributed by atoms with E-state index in [0.717, 1.165) is 15.7 Å². The summed E-state index contributed by atoms with van der Waals surface area (Å²) >= 11 is 3.38. The first kappa shape index (κ1) is 18.0. The molecule has 29 heavy (non-hydrogen) atoms. The highest BCUT2D eigenvalue weighted by molar-refractivity contribution is 9.10. The van der Waals surface area contributed by atoms with Crippen molar-refractivity contribution in [1.29, 1.82) is 0 Å². The maximum absolute atomic E-state index is 13.4. The fraction of sp³-hybridized carbons (Fsp3) is 0.136. The lowest BCUT2D eigenvalue weighted by Gasteiger charge is -2.28. The predicted octanol–water partition coefficient (Wildman–Crippen LogP) is 3.90. The van der Waals surface area contributed by atoms with Gasteiger partial charge in [-0.3, -0.25) is 19.4 Å². The summed E-state index contributed by atoms with van der Waals surface area (Å²) in [5.74, 6) is -1.28. The average Bonchev–Trinajstić information content (AvgIpc) is 3.27. The molecule has 2 aliphatic heterocycles. The maximum Gasteiger partial charge on any atom is 0.266 e. The van der Waals surface area contributed by atoms with Crippen LogP contribution in [0.4, 0.5) is 11.4 Å². The molecule has 0 N–H and O–H groups in total. The first-order valence-corrected chi connectivity index (χ1v) is 9.99. The van der Waals surface area contributed by atoms with E-state index in [1.54, 1.807) is 41.7 Å². The topological polar surface area (TPSA) is 62.7 Å². The Morgan fingerprint density at radius 3 is 2.31 bits per heavy atom. The first-order valence-electron chi connectivity index (χ1n) is 9.19. The average molecular weight is 450 g/mol. The predicted molar refractivity (Wildman–Crippen MR) is 111 cm³/mol. The second-order valence-corrected chi connectivity index (χ2v) is 7.85. The molecule has 5 rings (SSSR count). The van der Waals surface area contributed by atoms with E-state index < -0.39 is 18.1 Å². The number of pyridine rings is 1. The third-order valence-corrected chi connectivity index (χ3v) is 5.77. The lowest BCUT2D eigenvalue weighted by molar-refractivity contribution is -0.126. The number of para-hydroxylation sites is 1. The summed E-state index contributed by atoms with van der Waals surface area (Å²) in [6.45, 7) is 0. The Bertz CT molecular complexity index is 1060. The molecule has 6 nitrogen and oxygen atoms in total. The number of carbonyl (C=O) groups is 2. The number of halogens is 1. The molecule has 2 aromatic carbocycles. The zero-order valence-electron chi connectivity index (χ0n) is 15.2. The number of amides is 2. The van der Waals surface area contributed by atoms with Crippen LogP contribution in [0, 0.1) is 5.92 Å². The van der Waals surface area contributed by atoms with E-state index in [2.05, 4.69) is 20.9 Å². The van der Waals surface area contributed by atoms with Crippen LogP contribution in [0.25, 0.3) is 0 Å². The molecule has 2 amide bonds. The second kappa shape index (κ2) is 7.09. The van der Waals surface area contributed by atoms with Crippen LogP contribution in [0.3, 0.4) is 0 Å². The molecule has 3 aromatic rings. The molecule has 3 atom stereocenters. The smallest absolute Gasteiger partial charge is 0.266 e. The minimum atomic E-state index is -0.878. The van der Waals surface area contributed by atoms with Crippen LogP contribution in [-0.2, 0) is 14.4 Å². The molecule has 144 valence electrons. The Labute approximate surface area is 175 Å². The molecule has 0 unspecified atom stereocenters. The van der Waals surface area contributed by atoms with Gasteiger partial charge in [-0.25, -0.2) is 9.96 Å². The molecule has 0 aliphatic carbocycles. The quantitative estimate of drug-likeness (QED) is 0.567. The molecule has 0 bridgehead atoms. The summed E-state index contributed by atoms with van der Waals surface area (Å²) < 4.78 is 0.875. The van der Waals surface area contributed by atoms with Crippen LogP contribution >= 0.6 is 15.9 Å². The van der Waals surface area contributed by atoms with Crippen molar-refractivity contribution in [3.8, 4) is 0 Å². The number of nitrogens with zero attached hydrogens (tertiary/aromatic N) is 3. The first-order chi connectivity index (χ1) is 14.1. The van der Waals surface area contributed by atoms with Crippen molar-refractivity contribution in [3.63, 3.8) is 0 Å². The van der Waals surface area contributed by atoms with Crippen molar-refractivity contribution in [3.05, 3.63) is 89.2 Å². The summed E-state index contributed by atoms with van der Waals surface area (Å²) in [6, 6.07) is 19.9. The molecule has 0 saturated carbocycles. The minimum Gasteiger partial charge on any atom is -0.273 e. The van der Waals surface area contributed by atoms with Crippen LogP contribution in [0.1, 0.15) is 11.6 Å². The van der Waals surface area contributed by atoms with E-state index in [-0.39, 0.29) is 11.8 Å². The number of hydrogen-bond donors (Lipinski definition) is 0. The molecule has 3 heterocycles. The fourth-order valence-electron chi connectivity index (χ4n) is 3.95. The molecular formula is C22H16BrN3O3. The molecule has 1 aromatic heterocycles. The number of fused-ring (bicyclic) bond motifs is 1. The van der Waals surface area contributed by atoms with E-state index in [4.69, 9.17) is 4.84 Å². The van der Waals surface area contributed by atoms with E-state index in [1.165, 1.54) is 4.90 Å². The van der Waals surface area contributed by atoms with Crippen LogP contribution in [0.15, 0.2) is 83.6 Å². The van der Waals surface area contributed by atoms with Crippen LogP contribution in [0.5, 0.6) is 0 Å². The lowest BCUT2D eigenvalue weighted by Crippen LogP contribution is -2.37. The van der Waals surface area contributed by atoms with Gasteiger partial charge in [0.25, 0.3) is 5.91 Å². The van der Waals surface area contributed by atoms with E-state index in [9.17, 15) is 9.59 Å². The Hall–Kier alpha value is -3.03. The highest BCUT2D eigenvalue weighted by Gasteiger charge is 2.60. The lowest BCUT2D eigenvalue weighted by atomic mass is 9.91. The summed E-state index contributed by atoms with van der Waals surface area (Å²) in [7, 11) is 0. The fourth-order valence-corrected chi connectivity index (χ4v) is 4.21. The van der Waals surface area contributed by atoms with Gasteiger partial charge >= 0.3 is 0 Å². The number of anilines is 2. The Balaban J connectivity index is 1.58. The van der Waals surface area contributed by atoms with Gasteiger partial charge in [0.15, 0.2) is 6.10 Å². The van der Waals surface area contributed by atoms with Crippen molar-refractivity contribution < 1.29 is 14.4 Å². The van der Waals surface area contributed by atoms with E-state index in [0.29, 0.717) is 5.69 Å². The van der Waals surface area contributed by atoms with Gasteiger partial charge in [0, 0.05) is 16.9 Å². The van der Waals surface area contributed by atoms with Crippen molar-refractivity contribution in [1.82, 2.24) is 4.98 Å². The van der Waals surface area contributed by atoms with Crippen LogP contribution in [0.2, 0.25) is 0 Å². The summed E-state index contributed by atoms with van der Waals surface area (Å²) in [5, 5.41) is 1.67. The van der Waals surface area contributed by atoms with Gasteiger partial charge in [-0.1, -0.05) is 40.2 Å². The van der Waals surface area contributed by atoms with E-state index in [1.807, 2.05) is 42.5 Å². The van der Waals surface area contributed by atoms with Gasteiger partial charge in [0.1, 0.15) is 5.92 Å². The second-order valence-electron chi connectivity index (χ2n) is 6.93. The third kappa shape index (κ3) is 2.94. The van der Waals surface area contributed by atoms with Gasteiger partial charge in [-0.2, -0.15) is 0 Å². The number of carbonyl (C=O) groups excluding carboxylic acids is 2. The SMILES string of the molecule is O=C1[C@@H]2[C@H](ON(c3ccccc3)[C@H]2c2cccnc2)C(=O)N1c1ccc(Br)cc1. The van der Waals surface area contributed by atoms with Gasteiger partial charge in [0.05, 0.1) is 17.4 Å². The maximum atomic E-state index is 13.4. The zero-order valence-corrected chi connectivity index (χ0v) is 16.8. The van der Waals surface area contributed by atoms with Crippen molar-refractivity contribution in [2.24, 2.45) is 5.92 Å². The number of imide groups is 1. The van der Waals surface area contributed by atoms with Crippen LogP contribution < -0.4 is 9.96 Å². The Kier molecular flexibility index (Phi) is 4.41. The molecule has 7 heteroatoms. The van der Waals surface area contributed by atoms with Gasteiger partial charge in [0.2, 0.25) is 5.91 Å². The van der Waals surface area contributed by atoms with Gasteiger partial charge in [-0.05, 0) is 48.0 Å². The molecule has 2 aliphatic rings. The molecular weight excluding hydrogens is 434 g/mol. The van der Waals surface area contributed by atoms with Crippen LogP contribution in [-0.4, -0.2) is 22.9 Å². The number of aromatic nitrogens is 1. The van der Waals surface area contributed by atoms with E-state index >= 15 is 0 Å². The highest BCUT2D eigenvalue weighted by Crippen LogP contribution is 2.47. The van der Waals surface area contributed by atoms with Gasteiger partial charge in [-0.15, -0.1) is 0 Å². The summed E-state index contributed by atoms with van der Waals surface area (Å²) in [6.07, 6.45) is 2.52. The standard InChI is InChI=1S/C22H16BrN3O3/c23-15-8-10-16(11-9-15)25-21(27)18-19(14-5-4-12-24-13-14)26(29-20(18)22(25)28)17-6-2-1-3-7-17/h1-13,18-20H/t18-,19-,20-/m0/s1. The molecule has 2 fully saturated rings. The highest BCUT2D eigenvalue weighted by atomic mass is 79.9. The monoisotopic (exact) mass is 449 g/mol. The number of hydroxylamine groups is 1. The Morgan fingerprint density at radius 2 is 1.62 bits per heavy atom. The molecule has 0 spiro atoms.